The van der Waals surface area contributed by atoms with Crippen LogP contribution in [-0.2, 0) is 23.9 Å². The Hall–Kier alpha value is -1.45. The van der Waals surface area contributed by atoms with Crippen LogP contribution in [-0.4, -0.2) is 56.4 Å². The highest BCUT2D eigenvalue weighted by Gasteiger charge is 2.52. The van der Waals surface area contributed by atoms with Crippen molar-refractivity contribution in [3.05, 3.63) is 24.0 Å². The molecule has 1 aromatic rings. The molecule has 29 heavy (non-hydrogen) atoms. The first-order valence-corrected chi connectivity index (χ1v) is 11.6. The summed E-state index contributed by atoms with van der Waals surface area (Å²) in [7, 11) is -4.51. The topological polar surface area (TPSA) is 72.9 Å². The smallest absolute Gasteiger partial charge is 0.399 e. The molecule has 2 fully saturated rings. The maximum absolute atomic E-state index is 14.8. The lowest BCUT2D eigenvalue weighted by Gasteiger charge is -2.32. The molecule has 0 spiro atoms. The number of sulfone groups is 1. The monoisotopic (exact) mass is 425 g/mol. The van der Waals surface area contributed by atoms with Crippen LogP contribution in [0.15, 0.2) is 23.1 Å². The largest absolute Gasteiger partial charge is 0.497 e. The number of halogens is 1. The van der Waals surface area contributed by atoms with Gasteiger partial charge in [0.1, 0.15) is 5.82 Å². The predicted octanol–water partition coefficient (Wildman–Crippen LogP) is 2.16. The van der Waals surface area contributed by atoms with Crippen LogP contribution in [0.5, 0.6) is 0 Å². The normalized spacial score (nSPS) is 22.1. The molecule has 0 atom stereocenters. The number of hydrogen-bond donors (Lipinski definition) is 0. The Bertz CT molecular complexity index is 878. The van der Waals surface area contributed by atoms with Crippen molar-refractivity contribution in [2.45, 2.75) is 63.6 Å². The number of amides is 1. The minimum Gasteiger partial charge on any atom is -0.399 e. The number of rotatable bonds is 4. The Morgan fingerprint density at radius 2 is 1.72 bits per heavy atom. The lowest BCUT2D eigenvalue weighted by molar-refractivity contribution is -0.130. The van der Waals surface area contributed by atoms with E-state index in [4.69, 9.17) is 9.31 Å². The molecular formula is C20H29BFNO5S. The number of carbonyl (C=O) groups is 1. The Kier molecular flexibility index (Phi) is 5.88. The first-order valence-electron chi connectivity index (χ1n) is 9.96. The summed E-state index contributed by atoms with van der Waals surface area (Å²) in [5, 5.41) is 0. The van der Waals surface area contributed by atoms with Gasteiger partial charge in [0.2, 0.25) is 5.91 Å². The van der Waals surface area contributed by atoms with Crippen LogP contribution in [0.1, 0.15) is 47.5 Å². The van der Waals surface area contributed by atoms with Gasteiger partial charge in [0.05, 0.1) is 21.9 Å². The first kappa shape index (κ1) is 22.2. The van der Waals surface area contributed by atoms with Gasteiger partial charge in [-0.15, -0.1) is 0 Å². The zero-order chi connectivity index (χ0) is 21.6. The number of benzene rings is 1. The van der Waals surface area contributed by atoms with E-state index >= 15 is 0 Å². The number of hydrogen-bond acceptors (Lipinski definition) is 5. The molecule has 0 saturated carbocycles. The van der Waals surface area contributed by atoms with E-state index in [9.17, 15) is 17.6 Å². The van der Waals surface area contributed by atoms with Gasteiger partial charge in [-0.1, -0.05) is 6.07 Å². The molecule has 2 aliphatic heterocycles. The van der Waals surface area contributed by atoms with Crippen molar-refractivity contribution in [2.75, 3.05) is 18.8 Å². The summed E-state index contributed by atoms with van der Waals surface area (Å²) in [6.07, 6.45) is 1.26. The fraction of sp³-hybridized carbons (Fsp3) is 0.650. The van der Waals surface area contributed by atoms with Crippen molar-refractivity contribution in [2.24, 2.45) is 5.92 Å². The summed E-state index contributed by atoms with van der Waals surface area (Å²) in [6, 6.07) is 3.91. The third-order valence-corrected chi connectivity index (χ3v) is 8.24. The van der Waals surface area contributed by atoms with Gasteiger partial charge < -0.3 is 14.2 Å². The average molecular weight is 425 g/mol. The third kappa shape index (κ3) is 4.51. The Labute approximate surface area is 172 Å². The molecule has 1 aromatic carbocycles. The molecule has 2 aliphatic rings. The highest BCUT2D eigenvalue weighted by molar-refractivity contribution is 7.91. The van der Waals surface area contributed by atoms with Crippen molar-refractivity contribution in [1.29, 1.82) is 0 Å². The summed E-state index contributed by atoms with van der Waals surface area (Å²) in [5.74, 6) is -0.738. The molecule has 2 heterocycles. The fourth-order valence-electron chi connectivity index (χ4n) is 3.68. The molecule has 3 rings (SSSR count). The van der Waals surface area contributed by atoms with Gasteiger partial charge in [-0.3, -0.25) is 4.79 Å². The molecular weight excluding hydrogens is 396 g/mol. The highest BCUT2D eigenvalue weighted by Crippen LogP contribution is 2.36. The van der Waals surface area contributed by atoms with E-state index in [-0.39, 0.29) is 27.9 Å². The lowest BCUT2D eigenvalue weighted by Crippen LogP contribution is -2.41. The van der Waals surface area contributed by atoms with Crippen molar-refractivity contribution in [3.8, 4) is 0 Å². The molecule has 2 saturated heterocycles. The number of carbonyl (C=O) groups excluding carboxylic acids is 1. The summed E-state index contributed by atoms with van der Waals surface area (Å²) >= 11 is 0. The number of piperidine rings is 1. The van der Waals surface area contributed by atoms with Gasteiger partial charge in [0.25, 0.3) is 0 Å². The first-order chi connectivity index (χ1) is 13.3. The molecule has 0 aromatic heterocycles. The molecule has 160 valence electrons. The molecule has 1 amide bonds. The third-order valence-electron chi connectivity index (χ3n) is 6.35. The van der Waals surface area contributed by atoms with E-state index in [1.165, 1.54) is 19.1 Å². The summed E-state index contributed by atoms with van der Waals surface area (Å²) in [6.45, 7) is 10.1. The second kappa shape index (κ2) is 7.67. The Balaban J connectivity index is 1.72. The fourth-order valence-corrected chi connectivity index (χ4v) is 5.39. The average Bonchev–Trinajstić information content (AvgIpc) is 2.82. The van der Waals surface area contributed by atoms with Crippen LogP contribution in [0.3, 0.4) is 0 Å². The van der Waals surface area contributed by atoms with Crippen molar-refractivity contribution in [3.63, 3.8) is 0 Å². The van der Waals surface area contributed by atoms with Gasteiger partial charge in [-0.2, -0.15) is 0 Å². The van der Waals surface area contributed by atoms with Gasteiger partial charge in [-0.05, 0) is 58.6 Å². The van der Waals surface area contributed by atoms with E-state index in [1.807, 2.05) is 27.7 Å². The second-order valence-corrected chi connectivity index (χ2v) is 11.0. The summed E-state index contributed by atoms with van der Waals surface area (Å²) < 4.78 is 52.1. The van der Waals surface area contributed by atoms with Crippen LogP contribution in [0.2, 0.25) is 0 Å². The minimum absolute atomic E-state index is 0.00618. The van der Waals surface area contributed by atoms with Crippen LogP contribution < -0.4 is 5.46 Å². The minimum atomic E-state index is -3.63. The molecule has 0 bridgehead atoms. The van der Waals surface area contributed by atoms with Crippen LogP contribution in [0, 0.1) is 11.7 Å². The van der Waals surface area contributed by atoms with Crippen molar-refractivity contribution < 1.29 is 26.9 Å². The van der Waals surface area contributed by atoms with Gasteiger partial charge >= 0.3 is 7.12 Å². The van der Waals surface area contributed by atoms with Crippen molar-refractivity contribution in [1.82, 2.24) is 4.90 Å². The maximum atomic E-state index is 14.8. The number of likely N-dealkylation sites (tertiary alicyclic amines) is 1. The Morgan fingerprint density at radius 1 is 1.17 bits per heavy atom. The van der Waals surface area contributed by atoms with Gasteiger partial charge in [0.15, 0.2) is 9.84 Å². The Morgan fingerprint density at radius 3 is 2.21 bits per heavy atom. The molecule has 0 radical (unpaired) electrons. The zero-order valence-corrected chi connectivity index (χ0v) is 18.5. The van der Waals surface area contributed by atoms with E-state index in [0.717, 1.165) is 6.07 Å². The molecule has 0 aliphatic carbocycles. The van der Waals surface area contributed by atoms with Gasteiger partial charge in [0, 0.05) is 25.5 Å². The molecule has 0 N–H and O–H groups in total. The summed E-state index contributed by atoms with van der Waals surface area (Å²) in [5.41, 5.74) is -1.02. The SMILES string of the molecule is CC(=O)N1CCC(CS(=O)(=O)c2ccc(B3OC(C)(C)C(C)(C)O3)c(F)c2)CC1. The molecule has 9 heteroatoms. The predicted molar refractivity (Wildman–Crippen MR) is 109 cm³/mol. The summed E-state index contributed by atoms with van der Waals surface area (Å²) in [4.78, 5) is 13.1. The lowest BCUT2D eigenvalue weighted by atomic mass is 9.79. The van der Waals surface area contributed by atoms with Crippen LogP contribution in [0.25, 0.3) is 0 Å². The standard InChI is InChI=1S/C20H29BFNO5S/c1-14(24)23-10-8-15(9-11-23)13-29(25,26)16-6-7-17(18(22)12-16)21-27-19(2,3)20(4,5)28-21/h6-7,12,15H,8-11,13H2,1-5H3. The van der Waals surface area contributed by atoms with Crippen molar-refractivity contribution >= 4 is 28.3 Å². The van der Waals surface area contributed by atoms with Gasteiger partial charge in [-0.25, -0.2) is 12.8 Å². The molecule has 0 unspecified atom stereocenters. The quantitative estimate of drug-likeness (QED) is 0.692. The van der Waals surface area contributed by atoms with E-state index < -0.39 is 34.0 Å². The van der Waals surface area contributed by atoms with Crippen LogP contribution in [0.4, 0.5) is 4.39 Å². The number of nitrogens with zero attached hydrogens (tertiary/aromatic N) is 1. The van der Waals surface area contributed by atoms with E-state index in [2.05, 4.69) is 0 Å². The zero-order valence-electron chi connectivity index (χ0n) is 17.7. The van der Waals surface area contributed by atoms with E-state index in [1.54, 1.807) is 4.90 Å². The van der Waals surface area contributed by atoms with E-state index in [0.29, 0.717) is 25.9 Å². The highest BCUT2D eigenvalue weighted by atomic mass is 32.2. The second-order valence-electron chi connectivity index (χ2n) is 9.00. The maximum Gasteiger partial charge on any atom is 0.497 e. The molecule has 6 nitrogen and oxygen atoms in total. The van der Waals surface area contributed by atoms with Crippen LogP contribution >= 0.6 is 0 Å².